The van der Waals surface area contributed by atoms with Crippen LogP contribution in [0.25, 0.3) is 11.3 Å². The summed E-state index contributed by atoms with van der Waals surface area (Å²) in [5, 5.41) is 3.28. The largest absolute Gasteiger partial charge is 0.309 e. The zero-order valence-corrected chi connectivity index (χ0v) is 8.70. The van der Waals surface area contributed by atoms with Crippen LogP contribution in [0.15, 0.2) is 36.5 Å². The first-order valence-electron chi connectivity index (χ1n) is 5.27. The molecule has 80 valence electrons. The normalized spacial score (nSPS) is 13.8. The monoisotopic (exact) mass is 214 g/mol. The van der Waals surface area contributed by atoms with Crippen molar-refractivity contribution in [3.05, 3.63) is 53.5 Å². The lowest BCUT2D eigenvalue weighted by atomic mass is 10.1. The predicted molar refractivity (Wildman–Crippen MR) is 60.2 cm³/mol. The third-order valence-corrected chi connectivity index (χ3v) is 2.85. The first-order chi connectivity index (χ1) is 7.83. The number of pyridine rings is 1. The highest BCUT2D eigenvalue weighted by molar-refractivity contribution is 5.60. The van der Waals surface area contributed by atoms with E-state index >= 15 is 0 Å². The molecule has 0 fully saturated rings. The topological polar surface area (TPSA) is 24.9 Å². The van der Waals surface area contributed by atoms with Gasteiger partial charge in [-0.2, -0.15) is 0 Å². The van der Waals surface area contributed by atoms with Gasteiger partial charge in [-0.25, -0.2) is 4.39 Å². The van der Waals surface area contributed by atoms with Crippen molar-refractivity contribution >= 4 is 0 Å². The van der Waals surface area contributed by atoms with Crippen molar-refractivity contribution in [2.75, 3.05) is 0 Å². The molecule has 2 aromatic rings. The Morgan fingerprint density at radius 1 is 1.06 bits per heavy atom. The van der Waals surface area contributed by atoms with E-state index in [0.717, 1.165) is 24.3 Å². The summed E-state index contributed by atoms with van der Waals surface area (Å²) in [5.41, 5.74) is 4.40. The summed E-state index contributed by atoms with van der Waals surface area (Å²) < 4.78 is 12.8. The minimum atomic E-state index is -0.216. The maximum atomic E-state index is 12.8. The lowest BCUT2D eigenvalue weighted by molar-refractivity contribution is 0.628. The van der Waals surface area contributed by atoms with Crippen molar-refractivity contribution in [1.82, 2.24) is 10.3 Å². The molecule has 1 N–H and O–H groups in total. The molecule has 1 aliphatic rings. The summed E-state index contributed by atoms with van der Waals surface area (Å²) in [6.07, 6.45) is 1.90. The van der Waals surface area contributed by atoms with Crippen LogP contribution >= 0.6 is 0 Å². The van der Waals surface area contributed by atoms with Gasteiger partial charge in [0.15, 0.2) is 0 Å². The van der Waals surface area contributed by atoms with E-state index in [0.29, 0.717) is 0 Å². The van der Waals surface area contributed by atoms with Gasteiger partial charge in [0.05, 0.1) is 5.69 Å². The second-order valence-electron chi connectivity index (χ2n) is 3.95. The maximum absolute atomic E-state index is 12.8. The number of rotatable bonds is 1. The van der Waals surface area contributed by atoms with Crippen LogP contribution in [0.5, 0.6) is 0 Å². The summed E-state index contributed by atoms with van der Waals surface area (Å²) >= 11 is 0. The molecule has 1 aromatic heterocycles. The molecule has 0 atom stereocenters. The highest BCUT2D eigenvalue weighted by Crippen LogP contribution is 2.22. The summed E-state index contributed by atoms with van der Waals surface area (Å²) in [7, 11) is 0. The fourth-order valence-corrected chi connectivity index (χ4v) is 1.96. The average molecular weight is 214 g/mol. The molecule has 0 radical (unpaired) electrons. The van der Waals surface area contributed by atoms with Gasteiger partial charge < -0.3 is 5.32 Å². The molecule has 0 saturated carbocycles. The number of aromatic nitrogens is 1. The molecule has 0 spiro atoms. The third-order valence-electron chi connectivity index (χ3n) is 2.85. The smallest absolute Gasteiger partial charge is 0.123 e. The molecule has 1 aliphatic heterocycles. The van der Waals surface area contributed by atoms with E-state index in [9.17, 15) is 4.39 Å². The van der Waals surface area contributed by atoms with E-state index in [4.69, 9.17) is 0 Å². The van der Waals surface area contributed by atoms with Crippen LogP contribution in [-0.2, 0) is 13.1 Å². The van der Waals surface area contributed by atoms with Crippen molar-refractivity contribution in [2.45, 2.75) is 13.1 Å². The molecular weight excluding hydrogens is 203 g/mol. The highest BCUT2D eigenvalue weighted by atomic mass is 19.1. The molecule has 0 unspecified atom stereocenters. The fourth-order valence-electron chi connectivity index (χ4n) is 1.96. The molecule has 2 nitrogen and oxygen atoms in total. The number of benzene rings is 1. The van der Waals surface area contributed by atoms with Crippen LogP contribution in [0, 0.1) is 5.82 Å². The van der Waals surface area contributed by atoms with Gasteiger partial charge in [0.2, 0.25) is 0 Å². The van der Waals surface area contributed by atoms with Crippen LogP contribution in [0.1, 0.15) is 11.1 Å². The first kappa shape index (κ1) is 9.48. The van der Waals surface area contributed by atoms with Gasteiger partial charge in [-0.3, -0.25) is 4.98 Å². The van der Waals surface area contributed by atoms with Gasteiger partial charge >= 0.3 is 0 Å². The standard InChI is InChI=1S/C13H11FN2/c14-12-3-1-9(2-4-12)13-5-10-6-15-7-11(10)8-16-13/h1-5,8,15H,6-7H2. The number of nitrogens with one attached hydrogen (secondary N) is 1. The number of nitrogens with zero attached hydrogens (tertiary/aromatic N) is 1. The van der Waals surface area contributed by atoms with E-state index in [-0.39, 0.29) is 5.82 Å². The number of fused-ring (bicyclic) bond motifs is 1. The maximum Gasteiger partial charge on any atom is 0.123 e. The highest BCUT2D eigenvalue weighted by Gasteiger charge is 2.11. The average Bonchev–Trinajstić information content (AvgIpc) is 2.77. The quantitative estimate of drug-likeness (QED) is 0.788. The van der Waals surface area contributed by atoms with Gasteiger partial charge in [0.25, 0.3) is 0 Å². The van der Waals surface area contributed by atoms with Crippen molar-refractivity contribution < 1.29 is 4.39 Å². The van der Waals surface area contributed by atoms with E-state index in [2.05, 4.69) is 16.4 Å². The Morgan fingerprint density at radius 2 is 1.81 bits per heavy atom. The Morgan fingerprint density at radius 3 is 2.62 bits per heavy atom. The molecule has 0 saturated heterocycles. The molecule has 3 rings (SSSR count). The number of hydrogen-bond donors (Lipinski definition) is 1. The van der Waals surface area contributed by atoms with Crippen LogP contribution < -0.4 is 5.32 Å². The minimum Gasteiger partial charge on any atom is -0.309 e. The predicted octanol–water partition coefficient (Wildman–Crippen LogP) is 2.49. The van der Waals surface area contributed by atoms with Crippen molar-refractivity contribution in [1.29, 1.82) is 0 Å². The van der Waals surface area contributed by atoms with Gasteiger partial charge in [-0.1, -0.05) is 0 Å². The Labute approximate surface area is 93.1 Å². The molecular formula is C13H11FN2. The van der Waals surface area contributed by atoms with Crippen molar-refractivity contribution in [2.24, 2.45) is 0 Å². The van der Waals surface area contributed by atoms with Crippen LogP contribution in [-0.4, -0.2) is 4.98 Å². The van der Waals surface area contributed by atoms with Crippen molar-refractivity contribution in [3.8, 4) is 11.3 Å². The van der Waals surface area contributed by atoms with Crippen LogP contribution in [0.3, 0.4) is 0 Å². The van der Waals surface area contributed by atoms with Gasteiger partial charge in [0, 0.05) is 24.8 Å². The second kappa shape index (κ2) is 3.68. The fraction of sp³-hybridized carbons (Fsp3) is 0.154. The van der Waals surface area contributed by atoms with Gasteiger partial charge in [0.1, 0.15) is 5.82 Å². The van der Waals surface area contributed by atoms with E-state index in [1.807, 2.05) is 6.20 Å². The molecule has 2 heterocycles. The minimum absolute atomic E-state index is 0.216. The van der Waals surface area contributed by atoms with E-state index in [1.54, 1.807) is 12.1 Å². The number of halogens is 1. The van der Waals surface area contributed by atoms with Gasteiger partial charge in [-0.15, -0.1) is 0 Å². The Hall–Kier alpha value is -1.74. The molecule has 16 heavy (non-hydrogen) atoms. The first-order valence-corrected chi connectivity index (χ1v) is 5.27. The molecule has 0 bridgehead atoms. The lowest BCUT2D eigenvalue weighted by Crippen LogP contribution is -1.99. The summed E-state index contributed by atoms with van der Waals surface area (Å²) in [5.74, 6) is -0.216. The Balaban J connectivity index is 2.03. The molecule has 1 aromatic carbocycles. The molecule has 3 heteroatoms. The molecule has 0 amide bonds. The van der Waals surface area contributed by atoms with E-state index < -0.39 is 0 Å². The zero-order chi connectivity index (χ0) is 11.0. The van der Waals surface area contributed by atoms with Crippen LogP contribution in [0.4, 0.5) is 4.39 Å². The van der Waals surface area contributed by atoms with E-state index in [1.165, 1.54) is 23.3 Å². The second-order valence-corrected chi connectivity index (χ2v) is 3.95. The Kier molecular flexibility index (Phi) is 2.18. The molecule has 0 aliphatic carbocycles. The number of hydrogen-bond acceptors (Lipinski definition) is 2. The summed E-state index contributed by atoms with van der Waals surface area (Å²) in [6.45, 7) is 1.79. The zero-order valence-electron chi connectivity index (χ0n) is 8.70. The summed E-state index contributed by atoms with van der Waals surface area (Å²) in [6, 6.07) is 8.51. The summed E-state index contributed by atoms with van der Waals surface area (Å²) in [4.78, 5) is 4.39. The third kappa shape index (κ3) is 1.59. The SMILES string of the molecule is Fc1ccc(-c2cc3c(cn2)CNC3)cc1. The lowest BCUT2D eigenvalue weighted by Gasteiger charge is -2.03. The Bertz CT molecular complexity index is 520. The van der Waals surface area contributed by atoms with Gasteiger partial charge in [-0.05, 0) is 41.5 Å². The van der Waals surface area contributed by atoms with Crippen molar-refractivity contribution in [3.63, 3.8) is 0 Å². The van der Waals surface area contributed by atoms with Crippen LogP contribution in [0.2, 0.25) is 0 Å².